The van der Waals surface area contributed by atoms with Crippen molar-refractivity contribution >= 4 is 36.4 Å². The van der Waals surface area contributed by atoms with Gasteiger partial charge in [-0.15, -0.1) is 24.8 Å². The molecule has 0 saturated carbocycles. The minimum absolute atomic E-state index is 0. The quantitative estimate of drug-likeness (QED) is 0.719. The molecule has 0 amide bonds. The topological polar surface area (TPSA) is 15.3 Å². The summed E-state index contributed by atoms with van der Waals surface area (Å²) in [5, 5.41) is 3.59. The van der Waals surface area contributed by atoms with E-state index in [4.69, 9.17) is 11.6 Å². The second-order valence-corrected chi connectivity index (χ2v) is 5.85. The lowest BCUT2D eigenvalue weighted by Gasteiger charge is -2.35. The van der Waals surface area contributed by atoms with Crippen LogP contribution in [0, 0.1) is 5.82 Å². The molecule has 2 rings (SSSR count). The minimum atomic E-state index is -0.241. The Labute approximate surface area is 150 Å². The lowest BCUT2D eigenvalue weighted by atomic mass is 9.97. The third-order valence-corrected chi connectivity index (χ3v) is 4.31. The van der Waals surface area contributed by atoms with Gasteiger partial charge in [-0.05, 0) is 12.5 Å². The number of nitrogens with zero attached hydrogens (tertiary/aromatic N) is 1. The van der Waals surface area contributed by atoms with Gasteiger partial charge in [-0.25, -0.2) is 4.39 Å². The lowest BCUT2D eigenvalue weighted by molar-refractivity contribution is 0.159. The van der Waals surface area contributed by atoms with Crippen molar-refractivity contribution in [3.8, 4) is 0 Å². The Morgan fingerprint density at radius 2 is 1.91 bits per heavy atom. The molecule has 0 bridgehead atoms. The first-order valence-electron chi connectivity index (χ1n) is 7.62. The Bertz CT molecular complexity index is 426. The molecule has 0 aliphatic carbocycles. The normalized spacial score (nSPS) is 16.5. The van der Waals surface area contributed by atoms with Crippen molar-refractivity contribution < 1.29 is 4.39 Å². The largest absolute Gasteiger partial charge is 0.314 e. The van der Waals surface area contributed by atoms with Crippen LogP contribution in [0.4, 0.5) is 4.39 Å². The molecule has 6 heteroatoms. The molecule has 128 valence electrons. The predicted molar refractivity (Wildman–Crippen MR) is 97.2 cm³/mol. The second kappa shape index (κ2) is 11.5. The van der Waals surface area contributed by atoms with E-state index >= 15 is 0 Å². The molecule has 1 atom stereocenters. The van der Waals surface area contributed by atoms with Gasteiger partial charge in [-0.2, -0.15) is 0 Å². The highest BCUT2D eigenvalue weighted by atomic mass is 35.5. The van der Waals surface area contributed by atoms with Crippen molar-refractivity contribution in [3.05, 3.63) is 34.6 Å². The van der Waals surface area contributed by atoms with E-state index in [-0.39, 0.29) is 41.7 Å². The first-order valence-corrected chi connectivity index (χ1v) is 8.00. The highest BCUT2D eigenvalue weighted by Gasteiger charge is 2.24. The van der Waals surface area contributed by atoms with Crippen molar-refractivity contribution in [2.45, 2.75) is 38.6 Å². The zero-order valence-corrected chi connectivity index (χ0v) is 15.4. The standard InChI is InChI=1S/C16H24ClFN2.2ClH/c1-2-3-4-8-15(20-11-9-19-10-12-20)13-6-5-7-14(17)16(13)18;;/h5-7,15,19H,2-4,8-12H2,1H3;2*1H/t15-;;/m1../s1. The summed E-state index contributed by atoms with van der Waals surface area (Å²) in [7, 11) is 0. The van der Waals surface area contributed by atoms with Gasteiger partial charge in [-0.1, -0.05) is 49.9 Å². The molecular formula is C16H26Cl3FN2. The van der Waals surface area contributed by atoms with E-state index in [9.17, 15) is 4.39 Å². The van der Waals surface area contributed by atoms with Crippen LogP contribution in [-0.4, -0.2) is 31.1 Å². The molecule has 0 spiro atoms. The number of halogens is 4. The maximum absolute atomic E-state index is 14.3. The molecule has 0 aromatic heterocycles. The van der Waals surface area contributed by atoms with Gasteiger partial charge in [0.25, 0.3) is 0 Å². The Morgan fingerprint density at radius 3 is 2.55 bits per heavy atom. The number of piperazine rings is 1. The maximum atomic E-state index is 14.3. The summed E-state index contributed by atoms with van der Waals surface area (Å²) in [5.41, 5.74) is 0.760. The predicted octanol–water partition coefficient (Wildman–Crippen LogP) is 4.85. The number of rotatable bonds is 6. The Kier molecular flexibility index (Phi) is 11.4. The van der Waals surface area contributed by atoms with E-state index in [1.54, 1.807) is 6.07 Å². The minimum Gasteiger partial charge on any atom is -0.314 e. The smallest absolute Gasteiger partial charge is 0.146 e. The maximum Gasteiger partial charge on any atom is 0.146 e. The molecule has 1 heterocycles. The average molecular weight is 372 g/mol. The van der Waals surface area contributed by atoms with Crippen LogP contribution in [0.25, 0.3) is 0 Å². The van der Waals surface area contributed by atoms with Crippen LogP contribution in [0.1, 0.15) is 44.2 Å². The zero-order chi connectivity index (χ0) is 14.4. The average Bonchev–Trinajstić information content (AvgIpc) is 2.48. The molecule has 1 fully saturated rings. The van der Waals surface area contributed by atoms with E-state index in [0.717, 1.165) is 44.6 Å². The Hall–Kier alpha value is -0.0600. The highest BCUT2D eigenvalue weighted by molar-refractivity contribution is 6.30. The molecular weight excluding hydrogens is 346 g/mol. The summed E-state index contributed by atoms with van der Waals surface area (Å²) in [4.78, 5) is 2.39. The van der Waals surface area contributed by atoms with Crippen molar-refractivity contribution in [1.29, 1.82) is 0 Å². The summed E-state index contributed by atoms with van der Waals surface area (Å²) >= 11 is 5.95. The van der Waals surface area contributed by atoms with Gasteiger partial charge in [0.05, 0.1) is 5.02 Å². The molecule has 22 heavy (non-hydrogen) atoms. The Morgan fingerprint density at radius 1 is 1.23 bits per heavy atom. The molecule has 1 saturated heterocycles. The Balaban J connectivity index is 0.00000220. The van der Waals surface area contributed by atoms with E-state index in [0.29, 0.717) is 0 Å². The van der Waals surface area contributed by atoms with E-state index < -0.39 is 0 Å². The van der Waals surface area contributed by atoms with Crippen molar-refractivity contribution in [2.75, 3.05) is 26.2 Å². The first-order chi connectivity index (χ1) is 9.74. The van der Waals surface area contributed by atoms with E-state index in [2.05, 4.69) is 17.1 Å². The van der Waals surface area contributed by atoms with Crippen LogP contribution in [0.3, 0.4) is 0 Å². The van der Waals surface area contributed by atoms with Gasteiger partial charge in [-0.3, -0.25) is 4.90 Å². The molecule has 1 aliphatic rings. The lowest BCUT2D eigenvalue weighted by Crippen LogP contribution is -2.45. The van der Waals surface area contributed by atoms with Crippen LogP contribution in [0.5, 0.6) is 0 Å². The molecule has 2 nitrogen and oxygen atoms in total. The molecule has 1 aromatic rings. The van der Waals surface area contributed by atoms with Crippen LogP contribution in [0.15, 0.2) is 18.2 Å². The van der Waals surface area contributed by atoms with Gasteiger partial charge in [0.2, 0.25) is 0 Å². The summed E-state index contributed by atoms with van der Waals surface area (Å²) in [5.74, 6) is -0.241. The van der Waals surface area contributed by atoms with Crippen LogP contribution in [0.2, 0.25) is 5.02 Å². The molecule has 0 unspecified atom stereocenters. The fourth-order valence-corrected chi connectivity index (χ4v) is 3.08. The van der Waals surface area contributed by atoms with Crippen molar-refractivity contribution in [2.24, 2.45) is 0 Å². The summed E-state index contributed by atoms with van der Waals surface area (Å²) in [6.07, 6.45) is 4.53. The van der Waals surface area contributed by atoms with Gasteiger partial charge >= 0.3 is 0 Å². The van der Waals surface area contributed by atoms with Crippen LogP contribution < -0.4 is 5.32 Å². The first kappa shape index (κ1) is 21.9. The third-order valence-electron chi connectivity index (χ3n) is 4.01. The molecule has 1 aliphatic heterocycles. The second-order valence-electron chi connectivity index (χ2n) is 5.44. The SMILES string of the molecule is CCCCC[C@H](c1cccc(Cl)c1F)N1CCNCC1.Cl.Cl. The number of hydrogen-bond donors (Lipinski definition) is 1. The molecule has 1 N–H and O–H groups in total. The van der Waals surface area contributed by atoms with Gasteiger partial charge in [0.15, 0.2) is 0 Å². The summed E-state index contributed by atoms with van der Waals surface area (Å²) < 4.78 is 14.3. The van der Waals surface area contributed by atoms with Gasteiger partial charge < -0.3 is 5.32 Å². The number of hydrogen-bond acceptors (Lipinski definition) is 2. The number of nitrogens with one attached hydrogen (secondary N) is 1. The number of benzene rings is 1. The summed E-state index contributed by atoms with van der Waals surface area (Å²) in [6, 6.07) is 5.53. The highest BCUT2D eigenvalue weighted by Crippen LogP contribution is 2.31. The fourth-order valence-electron chi connectivity index (χ4n) is 2.89. The van der Waals surface area contributed by atoms with E-state index in [1.165, 1.54) is 12.8 Å². The molecule has 0 radical (unpaired) electrons. The fraction of sp³-hybridized carbons (Fsp3) is 0.625. The zero-order valence-electron chi connectivity index (χ0n) is 13.0. The monoisotopic (exact) mass is 370 g/mol. The summed E-state index contributed by atoms with van der Waals surface area (Å²) in [6.45, 7) is 6.10. The van der Waals surface area contributed by atoms with Crippen LogP contribution in [-0.2, 0) is 0 Å². The van der Waals surface area contributed by atoms with Gasteiger partial charge in [0, 0.05) is 37.8 Å². The van der Waals surface area contributed by atoms with Crippen LogP contribution >= 0.6 is 36.4 Å². The van der Waals surface area contributed by atoms with Gasteiger partial charge in [0.1, 0.15) is 5.82 Å². The van der Waals surface area contributed by atoms with E-state index in [1.807, 2.05) is 12.1 Å². The third kappa shape index (κ3) is 5.86. The molecule has 1 aromatic carbocycles. The van der Waals surface area contributed by atoms with Crippen molar-refractivity contribution in [1.82, 2.24) is 10.2 Å². The number of unbranched alkanes of at least 4 members (excludes halogenated alkanes) is 2. The van der Waals surface area contributed by atoms with Crippen molar-refractivity contribution in [3.63, 3.8) is 0 Å².